The first-order chi connectivity index (χ1) is 8.70. The van der Waals surface area contributed by atoms with Crippen LogP contribution >= 0.6 is 0 Å². The number of aliphatic hydroxyl groups is 1. The fraction of sp³-hybridized carbons (Fsp3) is 0.875. The highest BCUT2D eigenvalue weighted by molar-refractivity contribution is 6.74. The quantitative estimate of drug-likeness (QED) is 0.352. The first-order valence-electron chi connectivity index (χ1n) is 7.62. The normalized spacial score (nSPS) is 12.7. The maximum absolute atomic E-state index is 8.72. The Balaban J connectivity index is 3.63. The monoisotopic (exact) mass is 286 g/mol. The van der Waals surface area contributed by atoms with E-state index < -0.39 is 8.32 Å². The van der Waals surface area contributed by atoms with Gasteiger partial charge in [-0.2, -0.15) is 0 Å². The van der Waals surface area contributed by atoms with Crippen LogP contribution < -0.4 is 0 Å². The summed E-state index contributed by atoms with van der Waals surface area (Å²) in [6.45, 7) is 16.7. The van der Waals surface area contributed by atoms with Gasteiger partial charge in [0, 0.05) is 13.2 Å². The molecule has 0 spiro atoms. The molecule has 2 nitrogen and oxygen atoms in total. The van der Waals surface area contributed by atoms with Gasteiger partial charge in [-0.05, 0) is 56.7 Å². The van der Waals surface area contributed by atoms with Crippen LogP contribution in [0.5, 0.6) is 0 Å². The van der Waals surface area contributed by atoms with Crippen molar-refractivity contribution in [3.05, 3.63) is 12.2 Å². The Hall–Kier alpha value is -0.123. The Morgan fingerprint density at radius 3 is 2.05 bits per heavy atom. The molecule has 0 aliphatic rings. The van der Waals surface area contributed by atoms with E-state index in [9.17, 15) is 0 Å². The van der Waals surface area contributed by atoms with Gasteiger partial charge in [0.2, 0.25) is 0 Å². The van der Waals surface area contributed by atoms with Crippen LogP contribution in [0.15, 0.2) is 12.2 Å². The number of hydrogen-bond donors (Lipinski definition) is 1. The van der Waals surface area contributed by atoms with Crippen LogP contribution in [0, 0.1) is 0 Å². The molecule has 3 heteroatoms. The van der Waals surface area contributed by atoms with E-state index in [1.165, 1.54) is 12.0 Å². The highest BCUT2D eigenvalue weighted by Gasteiger charge is 2.36. The minimum Gasteiger partial charge on any atom is -0.417 e. The zero-order chi connectivity index (χ0) is 14.9. The van der Waals surface area contributed by atoms with Crippen molar-refractivity contribution in [1.29, 1.82) is 0 Å². The Kier molecular flexibility index (Phi) is 8.87. The van der Waals surface area contributed by atoms with E-state index >= 15 is 0 Å². The number of allylic oxidation sites excluding steroid dienone is 1. The highest BCUT2D eigenvalue weighted by atomic mass is 28.4. The summed E-state index contributed by atoms with van der Waals surface area (Å²) in [5.74, 6) is 0. The van der Waals surface area contributed by atoms with Crippen LogP contribution in [0.1, 0.15) is 59.3 Å². The molecule has 0 fully saturated rings. The SMILES string of the molecule is C=C(CCCCO)CCCCO[Si](C)(C)C(C)(C)C. The van der Waals surface area contributed by atoms with E-state index in [2.05, 4.69) is 40.4 Å². The third-order valence-corrected chi connectivity index (χ3v) is 8.67. The molecule has 0 rings (SSSR count). The van der Waals surface area contributed by atoms with E-state index in [1.807, 2.05) is 0 Å². The molecule has 0 aromatic carbocycles. The van der Waals surface area contributed by atoms with Crippen molar-refractivity contribution in [1.82, 2.24) is 0 Å². The van der Waals surface area contributed by atoms with Crippen molar-refractivity contribution in [2.75, 3.05) is 13.2 Å². The van der Waals surface area contributed by atoms with Crippen molar-refractivity contribution in [3.63, 3.8) is 0 Å². The second kappa shape index (κ2) is 8.93. The smallest absolute Gasteiger partial charge is 0.191 e. The Morgan fingerprint density at radius 1 is 1.05 bits per heavy atom. The average molecular weight is 287 g/mol. The topological polar surface area (TPSA) is 29.5 Å². The summed E-state index contributed by atoms with van der Waals surface area (Å²) in [5, 5.41) is 9.03. The molecule has 0 radical (unpaired) electrons. The van der Waals surface area contributed by atoms with Crippen molar-refractivity contribution in [2.45, 2.75) is 77.4 Å². The minimum absolute atomic E-state index is 0.299. The third-order valence-electron chi connectivity index (χ3n) is 4.13. The maximum Gasteiger partial charge on any atom is 0.191 e. The molecule has 0 saturated carbocycles. The molecule has 0 aliphatic heterocycles. The zero-order valence-electron chi connectivity index (χ0n) is 13.7. The first kappa shape index (κ1) is 18.9. The van der Waals surface area contributed by atoms with Gasteiger partial charge < -0.3 is 9.53 Å². The fourth-order valence-electron chi connectivity index (χ4n) is 1.63. The fourth-order valence-corrected chi connectivity index (χ4v) is 2.72. The van der Waals surface area contributed by atoms with Crippen molar-refractivity contribution in [3.8, 4) is 0 Å². The maximum atomic E-state index is 8.72. The Morgan fingerprint density at radius 2 is 1.58 bits per heavy atom. The predicted molar refractivity (Wildman–Crippen MR) is 87.1 cm³/mol. The number of hydrogen-bond acceptors (Lipinski definition) is 2. The molecule has 0 aliphatic carbocycles. The molecule has 0 amide bonds. The van der Waals surface area contributed by atoms with Crippen LogP contribution in [0.2, 0.25) is 18.1 Å². The van der Waals surface area contributed by atoms with Gasteiger partial charge in [-0.25, -0.2) is 0 Å². The molecule has 19 heavy (non-hydrogen) atoms. The molecule has 0 bridgehead atoms. The standard InChI is InChI=1S/C16H34O2Si/c1-15(11-7-9-13-17)12-8-10-14-18-19(5,6)16(2,3)4/h17H,1,7-14H2,2-6H3. The summed E-state index contributed by atoms with van der Waals surface area (Å²) in [6, 6.07) is 0. The summed E-state index contributed by atoms with van der Waals surface area (Å²) in [6.07, 6.45) is 6.43. The molecule has 0 heterocycles. The minimum atomic E-state index is -1.56. The molecule has 0 atom stereocenters. The summed E-state index contributed by atoms with van der Waals surface area (Å²) < 4.78 is 6.15. The Bertz CT molecular complexity index is 254. The van der Waals surface area contributed by atoms with Gasteiger partial charge in [0.1, 0.15) is 0 Å². The van der Waals surface area contributed by atoms with E-state index in [0.717, 1.165) is 38.7 Å². The number of unbranched alkanes of at least 4 members (excludes halogenated alkanes) is 2. The van der Waals surface area contributed by atoms with Crippen molar-refractivity contribution < 1.29 is 9.53 Å². The van der Waals surface area contributed by atoms with Gasteiger partial charge in [-0.3, -0.25) is 0 Å². The second-order valence-corrected chi connectivity index (χ2v) is 11.8. The van der Waals surface area contributed by atoms with Gasteiger partial charge >= 0.3 is 0 Å². The van der Waals surface area contributed by atoms with Crippen LogP contribution in [0.3, 0.4) is 0 Å². The summed E-state index contributed by atoms with van der Waals surface area (Å²) in [4.78, 5) is 0. The van der Waals surface area contributed by atoms with Gasteiger partial charge in [0.05, 0.1) is 0 Å². The Labute approximate surface area is 121 Å². The number of rotatable bonds is 10. The molecular weight excluding hydrogens is 252 g/mol. The van der Waals surface area contributed by atoms with E-state index in [4.69, 9.17) is 9.53 Å². The molecular formula is C16H34O2Si. The zero-order valence-corrected chi connectivity index (χ0v) is 14.7. The molecule has 0 aromatic rings. The molecule has 114 valence electrons. The molecule has 1 N–H and O–H groups in total. The third kappa shape index (κ3) is 8.61. The molecule has 0 unspecified atom stereocenters. The van der Waals surface area contributed by atoms with Crippen LogP contribution in [0.25, 0.3) is 0 Å². The second-order valence-electron chi connectivity index (χ2n) is 7.00. The lowest BCUT2D eigenvalue weighted by atomic mass is 10.0. The molecule has 0 aromatic heterocycles. The predicted octanol–water partition coefficient (Wildman–Crippen LogP) is 4.90. The van der Waals surface area contributed by atoms with E-state index in [1.54, 1.807) is 0 Å². The van der Waals surface area contributed by atoms with Gasteiger partial charge in [0.25, 0.3) is 0 Å². The average Bonchev–Trinajstić information content (AvgIpc) is 2.27. The lowest BCUT2D eigenvalue weighted by molar-refractivity contribution is 0.278. The summed E-state index contributed by atoms with van der Waals surface area (Å²) in [5.41, 5.74) is 1.32. The van der Waals surface area contributed by atoms with Crippen LogP contribution in [-0.4, -0.2) is 26.6 Å². The van der Waals surface area contributed by atoms with Gasteiger partial charge in [-0.15, -0.1) is 0 Å². The lowest BCUT2D eigenvalue weighted by Crippen LogP contribution is -2.40. The van der Waals surface area contributed by atoms with Gasteiger partial charge in [0.15, 0.2) is 8.32 Å². The highest BCUT2D eigenvalue weighted by Crippen LogP contribution is 2.36. The first-order valence-corrected chi connectivity index (χ1v) is 10.5. The summed E-state index contributed by atoms with van der Waals surface area (Å²) in [7, 11) is -1.56. The van der Waals surface area contributed by atoms with Crippen LogP contribution in [-0.2, 0) is 4.43 Å². The number of aliphatic hydroxyl groups excluding tert-OH is 1. The lowest BCUT2D eigenvalue weighted by Gasteiger charge is -2.36. The largest absolute Gasteiger partial charge is 0.417 e. The van der Waals surface area contributed by atoms with E-state index in [-0.39, 0.29) is 0 Å². The molecule has 0 saturated heterocycles. The summed E-state index contributed by atoms with van der Waals surface area (Å²) >= 11 is 0. The van der Waals surface area contributed by atoms with Crippen molar-refractivity contribution in [2.24, 2.45) is 0 Å². The van der Waals surface area contributed by atoms with Gasteiger partial charge in [-0.1, -0.05) is 32.9 Å². The van der Waals surface area contributed by atoms with E-state index in [0.29, 0.717) is 11.6 Å². The van der Waals surface area contributed by atoms with Crippen molar-refractivity contribution >= 4 is 8.32 Å². The van der Waals surface area contributed by atoms with Crippen LogP contribution in [0.4, 0.5) is 0 Å².